The van der Waals surface area contributed by atoms with Crippen LogP contribution in [0.3, 0.4) is 0 Å². The van der Waals surface area contributed by atoms with Crippen molar-refractivity contribution in [1.29, 1.82) is 0 Å². The molecule has 2 aromatic rings. The molecule has 1 fully saturated rings. The van der Waals surface area contributed by atoms with Crippen LogP contribution in [-0.4, -0.2) is 42.9 Å². The summed E-state index contributed by atoms with van der Waals surface area (Å²) < 4.78 is 0. The molecule has 2 N–H and O–H groups in total. The maximum Gasteiger partial charge on any atom is 0.238 e. The van der Waals surface area contributed by atoms with E-state index in [4.69, 9.17) is 0 Å². The normalized spacial score (nSPS) is 15.5. The van der Waals surface area contributed by atoms with E-state index in [1.807, 2.05) is 42.5 Å². The molecule has 0 aliphatic carbocycles. The molecule has 1 heterocycles. The number of nitrogens with zero attached hydrogens (tertiary/aromatic N) is 1. The third-order valence-corrected chi connectivity index (χ3v) is 4.81. The van der Waals surface area contributed by atoms with E-state index in [1.165, 1.54) is 0 Å². The zero-order valence-corrected chi connectivity index (χ0v) is 14.9. The first-order chi connectivity index (χ1) is 12.7. The Morgan fingerprint density at radius 3 is 2.62 bits per heavy atom. The Morgan fingerprint density at radius 1 is 1.12 bits per heavy atom. The molecule has 1 saturated heterocycles. The van der Waals surface area contributed by atoms with Crippen molar-refractivity contribution < 1.29 is 9.59 Å². The molecule has 0 spiro atoms. The minimum atomic E-state index is -0.0177. The summed E-state index contributed by atoms with van der Waals surface area (Å²) in [4.78, 5) is 26.5. The lowest BCUT2D eigenvalue weighted by Crippen LogP contribution is -2.43. The van der Waals surface area contributed by atoms with Gasteiger partial charge in [-0.1, -0.05) is 42.5 Å². The standard InChI is InChI=1S/C21H25N3O2/c1-2-12-22-21(26)17-10-13-24(14-11-17)15-20(25)23-19-9-5-7-16-6-3-4-8-18(16)19/h2-9,17H,1,10-15H2,(H,22,26)(H,23,25). The Kier molecular flexibility index (Phi) is 6.02. The largest absolute Gasteiger partial charge is 0.352 e. The summed E-state index contributed by atoms with van der Waals surface area (Å²) in [7, 11) is 0. The average Bonchev–Trinajstić information content (AvgIpc) is 2.67. The number of likely N-dealkylation sites (tertiary alicyclic amines) is 1. The number of fused-ring (bicyclic) bond motifs is 1. The van der Waals surface area contributed by atoms with Gasteiger partial charge in [0.15, 0.2) is 0 Å². The summed E-state index contributed by atoms with van der Waals surface area (Å²) in [5.41, 5.74) is 0.840. The number of nitrogens with one attached hydrogen (secondary N) is 2. The number of anilines is 1. The lowest BCUT2D eigenvalue weighted by Gasteiger charge is -2.30. The molecule has 3 rings (SSSR count). The number of hydrogen-bond donors (Lipinski definition) is 2. The van der Waals surface area contributed by atoms with Gasteiger partial charge >= 0.3 is 0 Å². The van der Waals surface area contributed by atoms with Crippen LogP contribution in [0.25, 0.3) is 10.8 Å². The topological polar surface area (TPSA) is 61.4 Å². The van der Waals surface area contributed by atoms with E-state index >= 15 is 0 Å². The molecule has 0 saturated carbocycles. The predicted octanol–water partition coefficient (Wildman–Crippen LogP) is 2.79. The zero-order chi connectivity index (χ0) is 18.4. The van der Waals surface area contributed by atoms with E-state index in [2.05, 4.69) is 22.1 Å². The molecule has 26 heavy (non-hydrogen) atoms. The van der Waals surface area contributed by atoms with Gasteiger partial charge in [0.05, 0.1) is 6.54 Å². The Bertz CT molecular complexity index is 789. The van der Waals surface area contributed by atoms with Gasteiger partial charge in [0.2, 0.25) is 11.8 Å². The number of rotatable bonds is 6. The molecule has 0 bridgehead atoms. The third-order valence-electron chi connectivity index (χ3n) is 4.81. The fourth-order valence-electron chi connectivity index (χ4n) is 3.40. The van der Waals surface area contributed by atoms with Crippen LogP contribution < -0.4 is 10.6 Å². The van der Waals surface area contributed by atoms with Crippen LogP contribution in [0.2, 0.25) is 0 Å². The highest BCUT2D eigenvalue weighted by Crippen LogP contribution is 2.23. The van der Waals surface area contributed by atoms with Gasteiger partial charge in [-0.15, -0.1) is 6.58 Å². The number of benzene rings is 2. The van der Waals surface area contributed by atoms with E-state index in [9.17, 15) is 9.59 Å². The highest BCUT2D eigenvalue weighted by atomic mass is 16.2. The van der Waals surface area contributed by atoms with E-state index in [-0.39, 0.29) is 17.7 Å². The van der Waals surface area contributed by atoms with E-state index in [1.54, 1.807) is 6.08 Å². The van der Waals surface area contributed by atoms with Crippen molar-refractivity contribution in [1.82, 2.24) is 10.2 Å². The van der Waals surface area contributed by atoms with Gasteiger partial charge in [0.1, 0.15) is 0 Å². The lowest BCUT2D eigenvalue weighted by atomic mass is 9.96. The van der Waals surface area contributed by atoms with Crippen molar-refractivity contribution in [2.24, 2.45) is 5.92 Å². The van der Waals surface area contributed by atoms with Gasteiger partial charge in [-0.2, -0.15) is 0 Å². The zero-order valence-electron chi connectivity index (χ0n) is 14.9. The lowest BCUT2D eigenvalue weighted by molar-refractivity contribution is -0.126. The first-order valence-electron chi connectivity index (χ1n) is 9.06. The van der Waals surface area contributed by atoms with Crippen molar-refractivity contribution in [2.75, 3.05) is 31.5 Å². The van der Waals surface area contributed by atoms with Crippen molar-refractivity contribution in [3.63, 3.8) is 0 Å². The molecule has 5 nitrogen and oxygen atoms in total. The van der Waals surface area contributed by atoms with Crippen molar-refractivity contribution in [3.05, 3.63) is 55.1 Å². The molecule has 0 radical (unpaired) electrons. The van der Waals surface area contributed by atoms with Crippen LogP contribution in [0.4, 0.5) is 5.69 Å². The SMILES string of the molecule is C=CCNC(=O)C1CCN(CC(=O)Nc2cccc3ccccc23)CC1. The maximum absolute atomic E-state index is 12.4. The molecule has 0 atom stereocenters. The predicted molar refractivity (Wildman–Crippen MR) is 105 cm³/mol. The summed E-state index contributed by atoms with van der Waals surface area (Å²) in [5.74, 6) is 0.105. The minimum absolute atomic E-state index is 0.0177. The Hall–Kier alpha value is -2.66. The summed E-state index contributed by atoms with van der Waals surface area (Å²) in [5, 5.41) is 8.03. The van der Waals surface area contributed by atoms with Crippen LogP contribution in [0.5, 0.6) is 0 Å². The second-order valence-corrected chi connectivity index (χ2v) is 6.66. The quantitative estimate of drug-likeness (QED) is 0.787. The van der Waals surface area contributed by atoms with Crippen LogP contribution >= 0.6 is 0 Å². The molecule has 1 aliphatic heterocycles. The van der Waals surface area contributed by atoms with Crippen molar-refractivity contribution >= 4 is 28.3 Å². The molecule has 1 aliphatic rings. The van der Waals surface area contributed by atoms with E-state index in [0.29, 0.717) is 13.1 Å². The van der Waals surface area contributed by atoms with Crippen molar-refractivity contribution in [3.8, 4) is 0 Å². The summed E-state index contributed by atoms with van der Waals surface area (Å²) >= 11 is 0. The molecule has 2 amide bonds. The van der Waals surface area contributed by atoms with Gasteiger partial charge in [0, 0.05) is 23.5 Å². The fourth-order valence-corrected chi connectivity index (χ4v) is 3.40. The summed E-state index contributed by atoms with van der Waals surface area (Å²) in [6.07, 6.45) is 3.25. The van der Waals surface area contributed by atoms with E-state index < -0.39 is 0 Å². The van der Waals surface area contributed by atoms with Crippen LogP contribution in [0.1, 0.15) is 12.8 Å². The second-order valence-electron chi connectivity index (χ2n) is 6.66. The molecule has 2 aromatic carbocycles. The smallest absolute Gasteiger partial charge is 0.238 e. The number of carbonyl (C=O) groups is 2. The van der Waals surface area contributed by atoms with Gasteiger partial charge < -0.3 is 10.6 Å². The molecule has 5 heteroatoms. The number of amides is 2. The fraction of sp³-hybridized carbons (Fsp3) is 0.333. The number of hydrogen-bond acceptors (Lipinski definition) is 3. The minimum Gasteiger partial charge on any atom is -0.352 e. The monoisotopic (exact) mass is 351 g/mol. The van der Waals surface area contributed by atoms with Crippen LogP contribution in [0.15, 0.2) is 55.1 Å². The third kappa shape index (κ3) is 4.49. The van der Waals surface area contributed by atoms with Crippen molar-refractivity contribution in [2.45, 2.75) is 12.8 Å². The van der Waals surface area contributed by atoms with Gasteiger partial charge in [-0.25, -0.2) is 0 Å². The Labute approximate surface area is 154 Å². The van der Waals surface area contributed by atoms with Crippen LogP contribution in [0, 0.1) is 5.92 Å². The summed E-state index contributed by atoms with van der Waals surface area (Å²) in [6.45, 7) is 5.98. The number of carbonyl (C=O) groups excluding carboxylic acids is 2. The molecular weight excluding hydrogens is 326 g/mol. The summed E-state index contributed by atoms with van der Waals surface area (Å²) in [6, 6.07) is 13.9. The molecular formula is C21H25N3O2. The first kappa shape index (κ1) is 18.1. The maximum atomic E-state index is 12.4. The van der Waals surface area contributed by atoms with Gasteiger partial charge in [-0.05, 0) is 37.4 Å². The van der Waals surface area contributed by atoms with E-state index in [0.717, 1.165) is 42.4 Å². The second kappa shape index (κ2) is 8.63. The van der Waals surface area contributed by atoms with Gasteiger partial charge in [0.25, 0.3) is 0 Å². The first-order valence-corrected chi connectivity index (χ1v) is 9.06. The Balaban J connectivity index is 1.51. The molecule has 0 aromatic heterocycles. The number of piperidine rings is 1. The van der Waals surface area contributed by atoms with Crippen LogP contribution in [-0.2, 0) is 9.59 Å². The molecule has 0 unspecified atom stereocenters. The molecule has 136 valence electrons. The highest BCUT2D eigenvalue weighted by Gasteiger charge is 2.25. The Morgan fingerprint density at radius 2 is 1.85 bits per heavy atom. The van der Waals surface area contributed by atoms with Gasteiger partial charge in [-0.3, -0.25) is 14.5 Å². The average molecular weight is 351 g/mol. The highest BCUT2D eigenvalue weighted by molar-refractivity contribution is 6.02.